The molecule has 0 amide bonds. The van der Waals surface area contributed by atoms with E-state index in [4.69, 9.17) is 0 Å². The molecule has 84 valence electrons. The average Bonchev–Trinajstić information content (AvgIpc) is 2.18. The van der Waals surface area contributed by atoms with Gasteiger partial charge in [-0.15, -0.1) is 0 Å². The summed E-state index contributed by atoms with van der Waals surface area (Å²) in [7, 11) is 0. The van der Waals surface area contributed by atoms with Gasteiger partial charge in [0.05, 0.1) is 0 Å². The third-order valence-electron chi connectivity index (χ3n) is 3.17. The van der Waals surface area contributed by atoms with E-state index in [9.17, 15) is 0 Å². The molecular formula is C14H23N. The minimum atomic E-state index is 0.434. The Kier molecular flexibility index (Phi) is 4.34. The molecule has 0 radical (unpaired) electrons. The predicted octanol–water partition coefficient (Wildman–Crippen LogP) is 3.69. The molecule has 0 aliphatic rings. The van der Waals surface area contributed by atoms with Gasteiger partial charge in [-0.2, -0.15) is 0 Å². The molecule has 1 N–H and O–H groups in total. The van der Waals surface area contributed by atoms with Crippen molar-refractivity contribution in [1.29, 1.82) is 0 Å². The first-order chi connectivity index (χ1) is 7.02. The summed E-state index contributed by atoms with van der Waals surface area (Å²) in [6.07, 6.45) is 0. The fourth-order valence-electron chi connectivity index (χ4n) is 1.75. The zero-order chi connectivity index (χ0) is 11.4. The third-order valence-corrected chi connectivity index (χ3v) is 3.17. The summed E-state index contributed by atoms with van der Waals surface area (Å²) in [5.74, 6) is 0.677. The highest BCUT2D eigenvalue weighted by Crippen LogP contribution is 2.18. The molecule has 0 unspecified atom stereocenters. The average molecular weight is 205 g/mol. The van der Waals surface area contributed by atoms with Crippen LogP contribution in [0.5, 0.6) is 0 Å². The molecule has 0 aliphatic carbocycles. The van der Waals surface area contributed by atoms with Gasteiger partial charge in [-0.1, -0.05) is 38.1 Å². The van der Waals surface area contributed by atoms with Crippen LogP contribution in [0.2, 0.25) is 0 Å². The second-order valence-corrected chi connectivity index (χ2v) is 4.78. The molecule has 1 aromatic rings. The molecule has 0 aromatic heterocycles. The summed E-state index contributed by atoms with van der Waals surface area (Å²) in [5, 5.41) is 3.64. The Morgan fingerprint density at radius 1 is 1.00 bits per heavy atom. The zero-order valence-electron chi connectivity index (χ0n) is 10.5. The van der Waals surface area contributed by atoms with Gasteiger partial charge in [0.2, 0.25) is 0 Å². The summed E-state index contributed by atoms with van der Waals surface area (Å²) in [6.45, 7) is 11.2. The van der Waals surface area contributed by atoms with Crippen LogP contribution in [-0.4, -0.2) is 6.04 Å². The van der Waals surface area contributed by atoms with E-state index in [0.29, 0.717) is 18.0 Å². The van der Waals surface area contributed by atoms with Gasteiger partial charge in [-0.25, -0.2) is 0 Å². The van der Waals surface area contributed by atoms with Crippen LogP contribution in [0.1, 0.15) is 44.9 Å². The molecule has 0 bridgehead atoms. The van der Waals surface area contributed by atoms with E-state index in [1.54, 1.807) is 0 Å². The van der Waals surface area contributed by atoms with Gasteiger partial charge in [-0.05, 0) is 37.8 Å². The van der Waals surface area contributed by atoms with Crippen molar-refractivity contribution in [1.82, 2.24) is 5.32 Å². The molecule has 0 heterocycles. The largest absolute Gasteiger partial charge is 0.307 e. The number of aryl methyl sites for hydroxylation is 1. The van der Waals surface area contributed by atoms with E-state index in [-0.39, 0.29) is 0 Å². The van der Waals surface area contributed by atoms with Crippen LogP contribution in [0, 0.1) is 12.8 Å². The van der Waals surface area contributed by atoms with Gasteiger partial charge in [0.25, 0.3) is 0 Å². The van der Waals surface area contributed by atoms with Crippen molar-refractivity contribution in [2.24, 2.45) is 5.92 Å². The van der Waals surface area contributed by atoms with Crippen LogP contribution in [0.15, 0.2) is 24.3 Å². The van der Waals surface area contributed by atoms with Crippen LogP contribution in [0.4, 0.5) is 0 Å². The summed E-state index contributed by atoms with van der Waals surface area (Å²) < 4.78 is 0. The molecule has 0 aliphatic heterocycles. The van der Waals surface area contributed by atoms with Crippen LogP contribution in [-0.2, 0) is 0 Å². The van der Waals surface area contributed by atoms with E-state index >= 15 is 0 Å². The van der Waals surface area contributed by atoms with Gasteiger partial charge in [0.1, 0.15) is 0 Å². The first kappa shape index (κ1) is 12.3. The third kappa shape index (κ3) is 3.35. The lowest BCUT2D eigenvalue weighted by Gasteiger charge is -2.24. The highest BCUT2D eigenvalue weighted by molar-refractivity contribution is 5.28. The van der Waals surface area contributed by atoms with Crippen molar-refractivity contribution in [3.63, 3.8) is 0 Å². The van der Waals surface area contributed by atoms with Crippen molar-refractivity contribution in [3.8, 4) is 0 Å². The second-order valence-electron chi connectivity index (χ2n) is 4.78. The van der Waals surface area contributed by atoms with E-state index in [0.717, 1.165) is 0 Å². The van der Waals surface area contributed by atoms with Crippen molar-refractivity contribution >= 4 is 0 Å². The smallest absolute Gasteiger partial charge is 0.0296 e. The fraction of sp³-hybridized carbons (Fsp3) is 0.571. The quantitative estimate of drug-likeness (QED) is 0.790. The highest BCUT2D eigenvalue weighted by Gasteiger charge is 2.12. The lowest BCUT2D eigenvalue weighted by Crippen LogP contribution is -2.33. The van der Waals surface area contributed by atoms with Crippen LogP contribution in [0.3, 0.4) is 0 Å². The Morgan fingerprint density at radius 3 is 2.13 bits per heavy atom. The normalized spacial score (nSPS) is 15.3. The number of rotatable bonds is 4. The maximum Gasteiger partial charge on any atom is 0.0296 e. The van der Waals surface area contributed by atoms with Gasteiger partial charge in [0.15, 0.2) is 0 Å². The number of nitrogens with one attached hydrogen (secondary N) is 1. The summed E-state index contributed by atoms with van der Waals surface area (Å²) in [4.78, 5) is 0. The summed E-state index contributed by atoms with van der Waals surface area (Å²) in [6, 6.07) is 9.58. The number of hydrogen-bond donors (Lipinski definition) is 1. The summed E-state index contributed by atoms with van der Waals surface area (Å²) in [5.41, 5.74) is 2.78. The van der Waals surface area contributed by atoms with E-state index in [2.05, 4.69) is 64.2 Å². The molecular weight excluding hydrogens is 182 g/mol. The molecule has 2 atom stereocenters. The Balaban J connectivity index is 2.69. The van der Waals surface area contributed by atoms with Crippen molar-refractivity contribution < 1.29 is 0 Å². The molecule has 0 saturated heterocycles. The van der Waals surface area contributed by atoms with Crippen LogP contribution < -0.4 is 5.32 Å². The second kappa shape index (κ2) is 5.32. The van der Waals surface area contributed by atoms with E-state index in [1.807, 2.05) is 0 Å². The van der Waals surface area contributed by atoms with Crippen LogP contribution >= 0.6 is 0 Å². The van der Waals surface area contributed by atoms with Crippen LogP contribution in [0.25, 0.3) is 0 Å². The minimum Gasteiger partial charge on any atom is -0.307 e. The molecule has 0 saturated carbocycles. The maximum atomic E-state index is 3.64. The van der Waals surface area contributed by atoms with E-state index < -0.39 is 0 Å². The van der Waals surface area contributed by atoms with Crippen molar-refractivity contribution in [3.05, 3.63) is 35.4 Å². The summed E-state index contributed by atoms with van der Waals surface area (Å²) >= 11 is 0. The van der Waals surface area contributed by atoms with Gasteiger partial charge < -0.3 is 5.32 Å². The Morgan fingerprint density at radius 2 is 1.60 bits per heavy atom. The molecule has 1 aromatic carbocycles. The van der Waals surface area contributed by atoms with Crippen molar-refractivity contribution in [2.75, 3.05) is 0 Å². The standard InChI is InChI=1S/C14H23N/c1-10(2)12(4)15-13(5)14-9-7-6-8-11(14)3/h6-10,12-13,15H,1-5H3/t12-,13-/m0/s1. The SMILES string of the molecule is Cc1ccccc1[C@H](C)N[C@@H](C)C(C)C. The lowest BCUT2D eigenvalue weighted by atomic mass is 9.99. The first-order valence-corrected chi connectivity index (χ1v) is 5.84. The molecule has 1 nitrogen and oxygen atoms in total. The molecule has 1 heteroatoms. The topological polar surface area (TPSA) is 12.0 Å². The van der Waals surface area contributed by atoms with Gasteiger partial charge in [0, 0.05) is 12.1 Å². The highest BCUT2D eigenvalue weighted by atomic mass is 14.9. The number of benzene rings is 1. The first-order valence-electron chi connectivity index (χ1n) is 5.84. The van der Waals surface area contributed by atoms with Crippen molar-refractivity contribution in [2.45, 2.75) is 46.7 Å². The monoisotopic (exact) mass is 205 g/mol. The molecule has 0 fully saturated rings. The fourth-order valence-corrected chi connectivity index (χ4v) is 1.75. The molecule has 1 rings (SSSR count). The molecule has 0 spiro atoms. The zero-order valence-corrected chi connectivity index (χ0v) is 10.5. The lowest BCUT2D eigenvalue weighted by molar-refractivity contribution is 0.388. The van der Waals surface area contributed by atoms with Gasteiger partial charge >= 0.3 is 0 Å². The van der Waals surface area contributed by atoms with Gasteiger partial charge in [-0.3, -0.25) is 0 Å². The Bertz CT molecular complexity index is 304. The Hall–Kier alpha value is -0.820. The Labute approximate surface area is 93.9 Å². The predicted molar refractivity (Wildman–Crippen MR) is 67.0 cm³/mol. The number of hydrogen-bond acceptors (Lipinski definition) is 1. The molecule has 15 heavy (non-hydrogen) atoms. The maximum absolute atomic E-state index is 3.64. The van der Waals surface area contributed by atoms with E-state index in [1.165, 1.54) is 11.1 Å². The minimum absolute atomic E-state index is 0.434.